The van der Waals surface area contributed by atoms with Gasteiger partial charge in [-0.3, -0.25) is 9.59 Å². The molecule has 0 spiro atoms. The molecule has 0 unspecified atom stereocenters. The fourth-order valence-electron chi connectivity index (χ4n) is 3.06. The Bertz CT molecular complexity index is 756. The average Bonchev–Trinajstić information content (AvgIpc) is 3.05. The van der Waals surface area contributed by atoms with Crippen molar-refractivity contribution in [1.29, 1.82) is 0 Å². The van der Waals surface area contributed by atoms with Crippen LogP contribution in [0, 0.1) is 0 Å². The minimum atomic E-state index is -0.105. The molecule has 2 amide bonds. The van der Waals surface area contributed by atoms with Gasteiger partial charge in [0.2, 0.25) is 11.8 Å². The summed E-state index contributed by atoms with van der Waals surface area (Å²) in [6, 6.07) is 9.75. The number of hydrogen-bond acceptors (Lipinski definition) is 4. The third kappa shape index (κ3) is 3.87. The van der Waals surface area contributed by atoms with Crippen LogP contribution in [-0.4, -0.2) is 44.6 Å². The first-order chi connectivity index (χ1) is 12.1. The fraction of sp³-hybridized carbons (Fsp3) is 0.444. The van der Waals surface area contributed by atoms with E-state index in [-0.39, 0.29) is 17.9 Å². The minimum absolute atomic E-state index is 0.0691. The lowest BCUT2D eigenvalue weighted by Crippen LogP contribution is -2.41. The molecule has 0 aliphatic carbocycles. The molecule has 0 saturated carbocycles. The lowest BCUT2D eigenvalue weighted by molar-refractivity contribution is -0.134. The summed E-state index contributed by atoms with van der Waals surface area (Å²) >= 11 is 0. The van der Waals surface area contributed by atoms with E-state index >= 15 is 0 Å². The molecule has 0 bridgehead atoms. The first kappa shape index (κ1) is 17.1. The maximum Gasteiger partial charge on any atom is 0.223 e. The molecule has 3 rings (SSSR count). The highest BCUT2D eigenvalue weighted by molar-refractivity contribution is 5.77. The van der Waals surface area contributed by atoms with Crippen LogP contribution in [0.3, 0.4) is 0 Å². The van der Waals surface area contributed by atoms with Crippen molar-refractivity contribution in [3.63, 3.8) is 0 Å². The molecule has 7 nitrogen and oxygen atoms in total. The number of nitrogens with one attached hydrogen (secondary N) is 1. The molecule has 1 N–H and O–H groups in total. The van der Waals surface area contributed by atoms with Gasteiger partial charge in [-0.2, -0.15) is 5.10 Å². The number of rotatable bonds is 5. The average molecular weight is 341 g/mol. The number of fused-ring (bicyclic) bond motifs is 1. The van der Waals surface area contributed by atoms with Crippen LogP contribution in [-0.2, 0) is 16.1 Å². The molecule has 1 aliphatic heterocycles. The molecule has 1 aromatic heterocycles. The van der Waals surface area contributed by atoms with E-state index in [1.807, 2.05) is 46.8 Å². The van der Waals surface area contributed by atoms with Gasteiger partial charge in [-0.25, -0.2) is 9.67 Å². The van der Waals surface area contributed by atoms with Crippen LogP contribution in [0.15, 0.2) is 30.3 Å². The van der Waals surface area contributed by atoms with Crippen LogP contribution in [0.25, 0.3) is 11.4 Å². The monoisotopic (exact) mass is 341 g/mol. The molecule has 0 radical (unpaired) electrons. The summed E-state index contributed by atoms with van der Waals surface area (Å²) in [6.45, 7) is 5.27. The summed E-state index contributed by atoms with van der Waals surface area (Å²) in [7, 11) is 0. The lowest BCUT2D eigenvalue weighted by Gasteiger charge is -2.33. The maximum absolute atomic E-state index is 12.5. The van der Waals surface area contributed by atoms with Crippen LogP contribution in [0.2, 0.25) is 0 Å². The molecule has 0 fully saturated rings. The zero-order valence-corrected chi connectivity index (χ0v) is 14.6. The van der Waals surface area contributed by atoms with Gasteiger partial charge in [-0.1, -0.05) is 30.3 Å². The molecule has 0 saturated heterocycles. The second kappa shape index (κ2) is 7.46. The number of aromatic nitrogens is 3. The van der Waals surface area contributed by atoms with Crippen LogP contribution in [0.4, 0.5) is 0 Å². The Balaban J connectivity index is 1.67. The Hall–Kier alpha value is -2.70. The fourth-order valence-corrected chi connectivity index (χ4v) is 3.06. The van der Waals surface area contributed by atoms with Gasteiger partial charge in [0, 0.05) is 32.0 Å². The summed E-state index contributed by atoms with van der Waals surface area (Å²) in [6.07, 6.45) is 1.06. The van der Waals surface area contributed by atoms with Crippen molar-refractivity contribution in [2.24, 2.45) is 0 Å². The highest BCUT2D eigenvalue weighted by Gasteiger charge is 2.30. The van der Waals surface area contributed by atoms with E-state index < -0.39 is 0 Å². The topological polar surface area (TPSA) is 80.1 Å². The molecular formula is C18H23N5O2. The highest BCUT2D eigenvalue weighted by atomic mass is 16.2. The molecule has 7 heteroatoms. The first-order valence-electron chi connectivity index (χ1n) is 8.60. The number of carbonyl (C=O) groups excluding carboxylic acids is 2. The number of benzene rings is 1. The zero-order chi connectivity index (χ0) is 17.8. The van der Waals surface area contributed by atoms with Crippen LogP contribution in [0.1, 0.15) is 38.6 Å². The Morgan fingerprint density at radius 1 is 1.24 bits per heavy atom. The van der Waals surface area contributed by atoms with Gasteiger partial charge in [-0.15, -0.1) is 0 Å². The molecule has 25 heavy (non-hydrogen) atoms. The van der Waals surface area contributed by atoms with Crippen molar-refractivity contribution in [2.45, 2.75) is 39.3 Å². The molecule has 1 aliphatic rings. The van der Waals surface area contributed by atoms with E-state index in [1.165, 1.54) is 6.92 Å². The maximum atomic E-state index is 12.5. The summed E-state index contributed by atoms with van der Waals surface area (Å²) in [5.41, 5.74) is 0.977. The van der Waals surface area contributed by atoms with Crippen molar-refractivity contribution >= 4 is 11.8 Å². The largest absolute Gasteiger partial charge is 0.356 e. The standard InChI is InChI=1S/C18H23N5O2/c1-13-18-20-17(15-7-4-3-5-8-15)21-23(18)12-11-22(13)16(25)9-6-10-19-14(2)24/h3-5,7-8,13H,6,9-12H2,1-2H3,(H,19,24)/t13-/m0/s1. The van der Waals surface area contributed by atoms with Crippen molar-refractivity contribution in [1.82, 2.24) is 25.0 Å². The minimum Gasteiger partial charge on any atom is -0.356 e. The van der Waals surface area contributed by atoms with E-state index in [0.717, 1.165) is 11.4 Å². The summed E-state index contributed by atoms with van der Waals surface area (Å²) < 4.78 is 1.90. The number of hydrogen-bond donors (Lipinski definition) is 1. The van der Waals surface area contributed by atoms with Gasteiger partial charge in [0.15, 0.2) is 5.82 Å². The quantitative estimate of drug-likeness (QED) is 0.841. The summed E-state index contributed by atoms with van der Waals surface area (Å²) in [5.74, 6) is 1.54. The Kier molecular flexibility index (Phi) is 5.11. The van der Waals surface area contributed by atoms with Gasteiger partial charge in [0.05, 0.1) is 12.6 Å². The molecule has 132 valence electrons. The Morgan fingerprint density at radius 3 is 2.72 bits per heavy atom. The number of amides is 2. The van der Waals surface area contributed by atoms with E-state index in [2.05, 4.69) is 15.4 Å². The highest BCUT2D eigenvalue weighted by Crippen LogP contribution is 2.26. The van der Waals surface area contributed by atoms with Gasteiger partial charge < -0.3 is 10.2 Å². The second-order valence-corrected chi connectivity index (χ2v) is 6.23. The first-order valence-corrected chi connectivity index (χ1v) is 8.60. The SMILES string of the molecule is CC(=O)NCCCC(=O)N1CCn2nc(-c3ccccc3)nc2[C@@H]1C. The van der Waals surface area contributed by atoms with Crippen molar-refractivity contribution in [2.75, 3.05) is 13.1 Å². The molecule has 1 atom stereocenters. The zero-order valence-electron chi connectivity index (χ0n) is 14.6. The van der Waals surface area contributed by atoms with Crippen molar-refractivity contribution < 1.29 is 9.59 Å². The van der Waals surface area contributed by atoms with E-state index in [4.69, 9.17) is 0 Å². The predicted octanol–water partition coefficient (Wildman–Crippen LogP) is 1.76. The lowest BCUT2D eigenvalue weighted by atomic mass is 10.1. The van der Waals surface area contributed by atoms with Crippen LogP contribution >= 0.6 is 0 Å². The molecule has 2 aromatic rings. The normalized spacial score (nSPS) is 16.4. The molecule has 1 aromatic carbocycles. The van der Waals surface area contributed by atoms with Crippen LogP contribution in [0.5, 0.6) is 0 Å². The van der Waals surface area contributed by atoms with E-state index in [9.17, 15) is 9.59 Å². The van der Waals surface area contributed by atoms with Gasteiger partial charge in [0.25, 0.3) is 0 Å². The number of carbonyl (C=O) groups is 2. The van der Waals surface area contributed by atoms with E-state index in [0.29, 0.717) is 38.3 Å². The third-order valence-electron chi connectivity index (χ3n) is 4.39. The van der Waals surface area contributed by atoms with E-state index in [1.54, 1.807) is 0 Å². The van der Waals surface area contributed by atoms with Gasteiger partial charge in [-0.05, 0) is 13.3 Å². The number of nitrogens with zero attached hydrogens (tertiary/aromatic N) is 4. The predicted molar refractivity (Wildman–Crippen MR) is 93.5 cm³/mol. The Morgan fingerprint density at radius 2 is 2.00 bits per heavy atom. The summed E-state index contributed by atoms with van der Waals surface area (Å²) in [4.78, 5) is 29.9. The van der Waals surface area contributed by atoms with Crippen molar-refractivity contribution in [3.05, 3.63) is 36.2 Å². The van der Waals surface area contributed by atoms with Gasteiger partial charge >= 0.3 is 0 Å². The summed E-state index contributed by atoms with van der Waals surface area (Å²) in [5, 5.41) is 7.30. The third-order valence-corrected chi connectivity index (χ3v) is 4.39. The van der Waals surface area contributed by atoms with Crippen molar-refractivity contribution in [3.8, 4) is 11.4 Å². The molecule has 2 heterocycles. The Labute approximate surface area is 147 Å². The van der Waals surface area contributed by atoms with Gasteiger partial charge in [0.1, 0.15) is 5.82 Å². The second-order valence-electron chi connectivity index (χ2n) is 6.23. The smallest absolute Gasteiger partial charge is 0.223 e. The van der Waals surface area contributed by atoms with Crippen LogP contribution < -0.4 is 5.32 Å². The molecular weight excluding hydrogens is 318 g/mol.